The highest BCUT2D eigenvalue weighted by atomic mass is 15.2. The first kappa shape index (κ1) is 13.0. The van der Waals surface area contributed by atoms with Gasteiger partial charge in [0, 0.05) is 31.2 Å². The van der Waals surface area contributed by atoms with Crippen LogP contribution in [-0.4, -0.2) is 36.1 Å². The molecule has 0 aromatic carbocycles. The predicted molar refractivity (Wildman–Crippen MR) is 67.2 cm³/mol. The van der Waals surface area contributed by atoms with Crippen molar-refractivity contribution in [2.45, 2.75) is 71.5 Å². The first-order valence-electron chi connectivity index (χ1n) is 6.63. The van der Waals surface area contributed by atoms with Crippen LogP contribution >= 0.6 is 0 Å². The lowest BCUT2D eigenvalue weighted by atomic mass is 10.0. The van der Waals surface area contributed by atoms with E-state index in [1.54, 1.807) is 0 Å². The summed E-state index contributed by atoms with van der Waals surface area (Å²) in [5.74, 6) is 0. The number of hydrogen-bond acceptors (Lipinski definition) is 2. The van der Waals surface area contributed by atoms with E-state index >= 15 is 0 Å². The molecule has 0 spiro atoms. The third-order valence-corrected chi connectivity index (χ3v) is 3.43. The van der Waals surface area contributed by atoms with E-state index in [0.717, 1.165) is 6.04 Å². The van der Waals surface area contributed by atoms with Crippen LogP contribution in [0.1, 0.15) is 53.4 Å². The van der Waals surface area contributed by atoms with Crippen molar-refractivity contribution in [2.24, 2.45) is 0 Å². The Morgan fingerprint density at radius 2 is 1.80 bits per heavy atom. The minimum atomic E-state index is 0.655. The van der Waals surface area contributed by atoms with Crippen LogP contribution in [0.25, 0.3) is 0 Å². The minimum absolute atomic E-state index is 0.655. The third kappa shape index (κ3) is 4.52. The van der Waals surface area contributed by atoms with Gasteiger partial charge in [-0.05, 0) is 27.2 Å². The first-order valence-corrected chi connectivity index (χ1v) is 6.63. The second kappa shape index (κ2) is 6.49. The van der Waals surface area contributed by atoms with E-state index in [4.69, 9.17) is 0 Å². The van der Waals surface area contributed by atoms with E-state index in [1.807, 2.05) is 0 Å². The van der Waals surface area contributed by atoms with Gasteiger partial charge in [-0.2, -0.15) is 0 Å². The summed E-state index contributed by atoms with van der Waals surface area (Å²) in [4.78, 5) is 2.65. The van der Waals surface area contributed by atoms with Crippen LogP contribution in [0.15, 0.2) is 0 Å². The van der Waals surface area contributed by atoms with Crippen molar-refractivity contribution in [2.75, 3.05) is 13.1 Å². The van der Waals surface area contributed by atoms with Crippen molar-refractivity contribution in [3.8, 4) is 0 Å². The molecule has 15 heavy (non-hydrogen) atoms. The number of piperazine rings is 1. The van der Waals surface area contributed by atoms with Crippen LogP contribution in [0.2, 0.25) is 0 Å². The Kier molecular flexibility index (Phi) is 5.62. The summed E-state index contributed by atoms with van der Waals surface area (Å²) in [5.41, 5.74) is 0. The van der Waals surface area contributed by atoms with E-state index in [1.165, 1.54) is 38.8 Å². The van der Waals surface area contributed by atoms with Gasteiger partial charge in [-0.25, -0.2) is 0 Å². The minimum Gasteiger partial charge on any atom is -0.309 e. The van der Waals surface area contributed by atoms with Crippen LogP contribution < -0.4 is 5.32 Å². The number of hydrogen-bond donors (Lipinski definition) is 1. The van der Waals surface area contributed by atoms with Crippen molar-refractivity contribution < 1.29 is 0 Å². The van der Waals surface area contributed by atoms with Gasteiger partial charge in [0.2, 0.25) is 0 Å². The SMILES string of the molecule is CCCCCC(C)N1CC(C)NC(C)C1. The molecule has 1 aliphatic heterocycles. The second-order valence-corrected chi connectivity index (χ2v) is 5.27. The van der Waals surface area contributed by atoms with Crippen LogP contribution in [-0.2, 0) is 0 Å². The fourth-order valence-electron chi connectivity index (χ4n) is 2.60. The second-order valence-electron chi connectivity index (χ2n) is 5.27. The van der Waals surface area contributed by atoms with Gasteiger partial charge in [0.1, 0.15) is 0 Å². The molecule has 1 N–H and O–H groups in total. The maximum absolute atomic E-state index is 3.59. The lowest BCUT2D eigenvalue weighted by Gasteiger charge is -2.39. The Hall–Kier alpha value is -0.0800. The van der Waals surface area contributed by atoms with E-state index in [9.17, 15) is 0 Å². The maximum Gasteiger partial charge on any atom is 0.0169 e. The summed E-state index contributed by atoms with van der Waals surface area (Å²) in [5, 5.41) is 3.59. The van der Waals surface area contributed by atoms with Gasteiger partial charge >= 0.3 is 0 Å². The summed E-state index contributed by atoms with van der Waals surface area (Å²) in [6.45, 7) is 11.7. The standard InChI is InChI=1S/C13H28N2/c1-5-6-7-8-13(4)15-9-11(2)14-12(3)10-15/h11-14H,5-10H2,1-4H3. The molecule has 0 amide bonds. The van der Waals surface area contributed by atoms with Gasteiger partial charge in [-0.1, -0.05) is 26.2 Å². The van der Waals surface area contributed by atoms with Crippen molar-refractivity contribution >= 4 is 0 Å². The summed E-state index contributed by atoms with van der Waals surface area (Å²) in [6.07, 6.45) is 5.49. The summed E-state index contributed by atoms with van der Waals surface area (Å²) >= 11 is 0. The van der Waals surface area contributed by atoms with E-state index in [-0.39, 0.29) is 0 Å². The molecule has 0 bridgehead atoms. The molecule has 0 aromatic rings. The highest BCUT2D eigenvalue weighted by Gasteiger charge is 2.23. The lowest BCUT2D eigenvalue weighted by molar-refractivity contribution is 0.124. The predicted octanol–water partition coefficient (Wildman–Crippen LogP) is 2.64. The molecular formula is C13H28N2. The quantitative estimate of drug-likeness (QED) is 0.705. The molecule has 3 unspecified atom stereocenters. The molecule has 2 nitrogen and oxygen atoms in total. The van der Waals surface area contributed by atoms with Crippen LogP contribution in [0, 0.1) is 0 Å². The summed E-state index contributed by atoms with van der Waals surface area (Å²) < 4.78 is 0. The topological polar surface area (TPSA) is 15.3 Å². The number of nitrogens with one attached hydrogen (secondary N) is 1. The Morgan fingerprint density at radius 1 is 1.20 bits per heavy atom. The van der Waals surface area contributed by atoms with Crippen LogP contribution in [0.5, 0.6) is 0 Å². The Labute approximate surface area is 95.4 Å². The van der Waals surface area contributed by atoms with Gasteiger partial charge in [0.15, 0.2) is 0 Å². The van der Waals surface area contributed by atoms with Gasteiger partial charge in [-0.3, -0.25) is 4.90 Å². The summed E-state index contributed by atoms with van der Waals surface area (Å²) in [7, 11) is 0. The Bertz CT molecular complexity index is 160. The van der Waals surface area contributed by atoms with Gasteiger partial charge in [0.25, 0.3) is 0 Å². The molecule has 1 fully saturated rings. The molecule has 0 radical (unpaired) electrons. The highest BCUT2D eigenvalue weighted by molar-refractivity contribution is 4.83. The number of rotatable bonds is 5. The molecule has 0 aliphatic carbocycles. The average Bonchev–Trinajstić information content (AvgIpc) is 2.16. The number of unbranched alkanes of at least 4 members (excludes halogenated alkanes) is 2. The van der Waals surface area contributed by atoms with Crippen molar-refractivity contribution in [1.29, 1.82) is 0 Å². The van der Waals surface area contributed by atoms with E-state index in [0.29, 0.717) is 12.1 Å². The molecule has 0 saturated carbocycles. The molecule has 1 rings (SSSR count). The molecular weight excluding hydrogens is 184 g/mol. The molecule has 1 saturated heterocycles. The zero-order chi connectivity index (χ0) is 11.3. The van der Waals surface area contributed by atoms with Gasteiger partial charge in [0.05, 0.1) is 0 Å². The Balaban J connectivity index is 2.28. The monoisotopic (exact) mass is 212 g/mol. The normalized spacial score (nSPS) is 30.4. The van der Waals surface area contributed by atoms with Crippen molar-refractivity contribution in [1.82, 2.24) is 10.2 Å². The zero-order valence-corrected chi connectivity index (χ0v) is 10.9. The molecule has 90 valence electrons. The van der Waals surface area contributed by atoms with Crippen LogP contribution in [0.3, 0.4) is 0 Å². The smallest absolute Gasteiger partial charge is 0.0169 e. The molecule has 1 heterocycles. The van der Waals surface area contributed by atoms with E-state index < -0.39 is 0 Å². The Morgan fingerprint density at radius 3 is 2.33 bits per heavy atom. The first-order chi connectivity index (χ1) is 7.13. The zero-order valence-electron chi connectivity index (χ0n) is 10.9. The molecule has 1 aliphatic rings. The highest BCUT2D eigenvalue weighted by Crippen LogP contribution is 2.13. The van der Waals surface area contributed by atoms with Gasteiger partial charge < -0.3 is 5.32 Å². The maximum atomic E-state index is 3.59. The van der Waals surface area contributed by atoms with Gasteiger partial charge in [-0.15, -0.1) is 0 Å². The molecule has 3 atom stereocenters. The molecule has 0 aromatic heterocycles. The van der Waals surface area contributed by atoms with Crippen LogP contribution in [0.4, 0.5) is 0 Å². The van der Waals surface area contributed by atoms with E-state index in [2.05, 4.69) is 37.9 Å². The summed E-state index contributed by atoms with van der Waals surface area (Å²) in [6, 6.07) is 2.08. The largest absolute Gasteiger partial charge is 0.309 e. The lowest BCUT2D eigenvalue weighted by Crippen LogP contribution is -2.56. The van der Waals surface area contributed by atoms with Crippen molar-refractivity contribution in [3.63, 3.8) is 0 Å². The van der Waals surface area contributed by atoms with Crippen molar-refractivity contribution in [3.05, 3.63) is 0 Å². The molecule has 2 heteroatoms. The average molecular weight is 212 g/mol. The third-order valence-electron chi connectivity index (χ3n) is 3.43. The fraction of sp³-hybridized carbons (Fsp3) is 1.00. The fourth-order valence-corrected chi connectivity index (χ4v) is 2.60. The number of nitrogens with zero attached hydrogens (tertiary/aromatic N) is 1.